The molecule has 1 unspecified atom stereocenters. The standard InChI is InChI=1S/C19H23N7O3/c1-23-17-16(18(28)24(2)19(23)29)25(12-22-17)8-5-15(27)26-9-7-21-11-14(26)13-4-3-6-20-10-13/h3-4,6,10,12,14,21H,5,7-9,11H2,1-2H3. The number of hydrogen-bond donors (Lipinski definition) is 1. The van der Waals surface area contributed by atoms with E-state index in [1.54, 1.807) is 24.0 Å². The first-order chi connectivity index (χ1) is 14.0. The highest BCUT2D eigenvalue weighted by atomic mass is 16.2. The van der Waals surface area contributed by atoms with Gasteiger partial charge in [-0.25, -0.2) is 9.78 Å². The summed E-state index contributed by atoms with van der Waals surface area (Å²) < 4.78 is 4.04. The van der Waals surface area contributed by atoms with Gasteiger partial charge in [-0.3, -0.25) is 23.7 Å². The Hall–Kier alpha value is -3.27. The van der Waals surface area contributed by atoms with Crippen LogP contribution < -0.4 is 16.6 Å². The van der Waals surface area contributed by atoms with Gasteiger partial charge in [0.15, 0.2) is 11.2 Å². The van der Waals surface area contributed by atoms with Gasteiger partial charge in [0.05, 0.1) is 12.4 Å². The second kappa shape index (κ2) is 7.63. The van der Waals surface area contributed by atoms with E-state index in [0.717, 1.165) is 16.7 Å². The molecule has 152 valence electrons. The van der Waals surface area contributed by atoms with Gasteiger partial charge in [-0.15, -0.1) is 0 Å². The van der Waals surface area contributed by atoms with Crippen LogP contribution in [0.3, 0.4) is 0 Å². The summed E-state index contributed by atoms with van der Waals surface area (Å²) in [4.78, 5) is 47.8. The van der Waals surface area contributed by atoms with Gasteiger partial charge >= 0.3 is 5.69 Å². The third kappa shape index (κ3) is 3.35. The molecule has 1 fully saturated rings. The lowest BCUT2D eigenvalue weighted by atomic mass is 10.0. The van der Waals surface area contributed by atoms with Crippen LogP contribution in [0.2, 0.25) is 0 Å². The van der Waals surface area contributed by atoms with Gasteiger partial charge in [0, 0.05) is 59.1 Å². The molecule has 0 saturated carbocycles. The highest BCUT2D eigenvalue weighted by molar-refractivity contribution is 5.77. The lowest BCUT2D eigenvalue weighted by Gasteiger charge is -2.36. The molecule has 10 heteroatoms. The van der Waals surface area contributed by atoms with Crippen LogP contribution >= 0.6 is 0 Å². The molecule has 3 aromatic rings. The quantitative estimate of drug-likeness (QED) is 0.630. The molecular formula is C19H23N7O3. The van der Waals surface area contributed by atoms with Gasteiger partial charge in [-0.05, 0) is 11.6 Å². The van der Waals surface area contributed by atoms with Crippen molar-refractivity contribution < 1.29 is 4.79 Å². The molecule has 0 aromatic carbocycles. The maximum absolute atomic E-state index is 13.0. The minimum Gasteiger partial charge on any atom is -0.333 e. The molecule has 1 amide bonds. The lowest BCUT2D eigenvalue weighted by molar-refractivity contribution is -0.134. The molecule has 1 atom stereocenters. The van der Waals surface area contributed by atoms with E-state index < -0.39 is 11.2 Å². The minimum absolute atomic E-state index is 0.00356. The number of rotatable bonds is 4. The van der Waals surface area contributed by atoms with E-state index in [2.05, 4.69) is 15.3 Å². The number of amides is 1. The molecule has 3 aromatic heterocycles. The number of carbonyl (C=O) groups excluding carboxylic acids is 1. The first-order valence-corrected chi connectivity index (χ1v) is 9.50. The van der Waals surface area contributed by atoms with E-state index in [-0.39, 0.29) is 18.4 Å². The second-order valence-electron chi connectivity index (χ2n) is 7.16. The van der Waals surface area contributed by atoms with Crippen LogP contribution in [0.15, 0.2) is 40.4 Å². The van der Waals surface area contributed by atoms with E-state index in [1.165, 1.54) is 17.9 Å². The summed E-state index contributed by atoms with van der Waals surface area (Å²) in [6.45, 7) is 2.33. The summed E-state index contributed by atoms with van der Waals surface area (Å²) in [5.74, 6) is 0.00356. The van der Waals surface area contributed by atoms with Gasteiger partial charge in [-0.2, -0.15) is 0 Å². The molecule has 1 saturated heterocycles. The summed E-state index contributed by atoms with van der Waals surface area (Å²) in [6, 6.07) is 3.76. The molecule has 0 aliphatic carbocycles. The number of imidazole rings is 1. The van der Waals surface area contributed by atoms with Gasteiger partial charge in [0.2, 0.25) is 5.91 Å². The molecule has 4 rings (SSSR count). The van der Waals surface area contributed by atoms with Crippen molar-refractivity contribution >= 4 is 17.1 Å². The normalized spacial score (nSPS) is 17.0. The van der Waals surface area contributed by atoms with Crippen LogP contribution in [0.5, 0.6) is 0 Å². The fraction of sp³-hybridized carbons (Fsp3) is 0.421. The van der Waals surface area contributed by atoms with Gasteiger partial charge in [-0.1, -0.05) is 6.07 Å². The van der Waals surface area contributed by atoms with Gasteiger partial charge in [0.1, 0.15) is 0 Å². The maximum Gasteiger partial charge on any atom is 0.332 e. The number of aromatic nitrogens is 5. The van der Waals surface area contributed by atoms with Crippen LogP contribution in [0, 0.1) is 0 Å². The Labute approximate surface area is 166 Å². The Morgan fingerprint density at radius 1 is 1.28 bits per heavy atom. The highest BCUT2D eigenvalue weighted by Crippen LogP contribution is 2.22. The number of pyridine rings is 1. The van der Waals surface area contributed by atoms with Crippen molar-refractivity contribution in [3.8, 4) is 0 Å². The summed E-state index contributed by atoms with van der Waals surface area (Å²) >= 11 is 0. The Balaban J connectivity index is 1.57. The third-order valence-electron chi connectivity index (χ3n) is 5.42. The number of nitrogens with zero attached hydrogens (tertiary/aromatic N) is 6. The monoisotopic (exact) mass is 397 g/mol. The number of fused-ring (bicyclic) bond motifs is 1. The first-order valence-electron chi connectivity index (χ1n) is 9.50. The van der Waals surface area contributed by atoms with Gasteiger partial charge in [0.25, 0.3) is 5.56 Å². The third-order valence-corrected chi connectivity index (χ3v) is 5.42. The molecule has 1 aliphatic rings. The van der Waals surface area contributed by atoms with Crippen molar-refractivity contribution in [3.63, 3.8) is 0 Å². The molecule has 1 N–H and O–H groups in total. The Bertz CT molecular complexity index is 1160. The van der Waals surface area contributed by atoms with Crippen LogP contribution in [-0.4, -0.2) is 54.1 Å². The van der Waals surface area contributed by atoms with Crippen molar-refractivity contribution in [3.05, 3.63) is 57.3 Å². The lowest BCUT2D eigenvalue weighted by Crippen LogP contribution is -2.48. The van der Waals surface area contributed by atoms with Crippen molar-refractivity contribution in [1.82, 2.24) is 33.9 Å². The summed E-state index contributed by atoms with van der Waals surface area (Å²) in [6.07, 6.45) is 5.23. The van der Waals surface area contributed by atoms with E-state index in [4.69, 9.17) is 0 Å². The summed E-state index contributed by atoms with van der Waals surface area (Å²) in [5.41, 5.74) is 0.796. The van der Waals surface area contributed by atoms with Crippen LogP contribution in [0.1, 0.15) is 18.0 Å². The number of nitrogens with one attached hydrogen (secondary N) is 1. The maximum atomic E-state index is 13.0. The first kappa shape index (κ1) is 19.1. The zero-order valence-corrected chi connectivity index (χ0v) is 16.4. The Morgan fingerprint density at radius 2 is 2.10 bits per heavy atom. The highest BCUT2D eigenvalue weighted by Gasteiger charge is 2.28. The Morgan fingerprint density at radius 3 is 2.86 bits per heavy atom. The fourth-order valence-electron chi connectivity index (χ4n) is 3.80. The predicted molar refractivity (Wildman–Crippen MR) is 106 cm³/mol. The smallest absolute Gasteiger partial charge is 0.332 e. The van der Waals surface area contributed by atoms with Crippen LogP contribution in [0.4, 0.5) is 0 Å². The van der Waals surface area contributed by atoms with Gasteiger partial charge < -0.3 is 14.8 Å². The average molecular weight is 397 g/mol. The molecular weight excluding hydrogens is 374 g/mol. The molecule has 29 heavy (non-hydrogen) atoms. The van der Waals surface area contributed by atoms with E-state index >= 15 is 0 Å². The predicted octanol–water partition coefficient (Wildman–Crippen LogP) is -0.608. The number of piperazine rings is 1. The number of aryl methyl sites for hydroxylation is 2. The van der Waals surface area contributed by atoms with Crippen molar-refractivity contribution in [2.24, 2.45) is 14.1 Å². The second-order valence-corrected chi connectivity index (χ2v) is 7.16. The molecule has 0 bridgehead atoms. The molecule has 0 radical (unpaired) electrons. The number of hydrogen-bond acceptors (Lipinski definition) is 6. The van der Waals surface area contributed by atoms with Crippen molar-refractivity contribution in [1.29, 1.82) is 0 Å². The topological polar surface area (TPSA) is 107 Å². The van der Waals surface area contributed by atoms with E-state index in [0.29, 0.717) is 30.8 Å². The molecule has 0 spiro atoms. The van der Waals surface area contributed by atoms with E-state index in [9.17, 15) is 14.4 Å². The molecule has 1 aliphatic heterocycles. The average Bonchev–Trinajstić information content (AvgIpc) is 3.19. The fourth-order valence-corrected chi connectivity index (χ4v) is 3.80. The SMILES string of the molecule is Cn1c(=O)c2c(ncn2CCC(=O)N2CCNCC2c2cccnc2)n(C)c1=O. The Kier molecular flexibility index (Phi) is 5.01. The molecule has 10 nitrogen and oxygen atoms in total. The van der Waals surface area contributed by atoms with Crippen molar-refractivity contribution in [2.45, 2.75) is 19.0 Å². The zero-order valence-electron chi connectivity index (χ0n) is 16.4. The van der Waals surface area contributed by atoms with Crippen molar-refractivity contribution in [2.75, 3.05) is 19.6 Å². The van der Waals surface area contributed by atoms with Crippen LogP contribution in [-0.2, 0) is 25.4 Å². The summed E-state index contributed by atoms with van der Waals surface area (Å²) in [7, 11) is 3.01. The minimum atomic E-state index is -0.427. The largest absolute Gasteiger partial charge is 0.333 e. The number of carbonyl (C=O) groups is 1. The zero-order chi connectivity index (χ0) is 20.5. The molecule has 4 heterocycles. The van der Waals surface area contributed by atoms with E-state index in [1.807, 2.05) is 17.0 Å². The van der Waals surface area contributed by atoms with Crippen LogP contribution in [0.25, 0.3) is 11.2 Å². The summed E-state index contributed by atoms with van der Waals surface area (Å²) in [5, 5.41) is 3.32.